The number of benzene rings is 2. The molecule has 0 aliphatic heterocycles. The van der Waals surface area contributed by atoms with E-state index in [1.807, 2.05) is 0 Å². The van der Waals surface area contributed by atoms with Crippen molar-refractivity contribution in [1.29, 1.82) is 0 Å². The van der Waals surface area contributed by atoms with Crippen LogP contribution < -0.4 is 15.9 Å². The van der Waals surface area contributed by atoms with Crippen LogP contribution in [0.3, 0.4) is 0 Å². The average molecular weight is 596 g/mol. The predicted octanol–water partition coefficient (Wildman–Crippen LogP) is 2.95. The number of hydrazone groups is 1. The second kappa shape index (κ2) is 9.96. The highest BCUT2D eigenvalue weighted by atomic mass is 79.9. The number of carbonyl (C=O) groups excluding carboxylic acids is 1. The monoisotopic (exact) mass is 594 g/mol. The van der Waals surface area contributed by atoms with E-state index < -0.39 is 11.7 Å². The van der Waals surface area contributed by atoms with Crippen LogP contribution in [0.5, 0.6) is 11.5 Å². The van der Waals surface area contributed by atoms with E-state index in [4.69, 9.17) is 10.5 Å². The highest BCUT2D eigenvalue weighted by Gasteiger charge is 2.24. The number of nitrogens with one attached hydrogen (secondary N) is 1. The smallest absolute Gasteiger partial charge is 0.293 e. The summed E-state index contributed by atoms with van der Waals surface area (Å²) in [6.07, 6.45) is 1.37. The Morgan fingerprint density at radius 3 is 2.62 bits per heavy atom. The van der Waals surface area contributed by atoms with Gasteiger partial charge in [-0.15, -0.1) is 5.10 Å². The van der Waals surface area contributed by atoms with Crippen molar-refractivity contribution in [3.05, 3.63) is 68.1 Å². The third kappa shape index (κ3) is 5.04. The number of nitrogens with zero attached hydrogens (tertiary/aromatic N) is 6. The molecule has 0 radical (unpaired) electrons. The van der Waals surface area contributed by atoms with Gasteiger partial charge in [0.15, 0.2) is 5.69 Å². The number of phenolic OH excluding ortho intramolecular Hbond substituents is 1. The van der Waals surface area contributed by atoms with Crippen LogP contribution in [0.25, 0.3) is 5.82 Å². The van der Waals surface area contributed by atoms with Gasteiger partial charge in [-0.3, -0.25) is 4.79 Å². The van der Waals surface area contributed by atoms with Crippen LogP contribution in [-0.4, -0.2) is 42.5 Å². The number of aromatic nitrogens is 5. The van der Waals surface area contributed by atoms with Crippen molar-refractivity contribution in [3.8, 4) is 17.3 Å². The molecule has 4 aromatic rings. The minimum Gasteiger partial charge on any atom is -0.506 e. The summed E-state index contributed by atoms with van der Waals surface area (Å²) in [5.74, 6) is -0.829. The molecule has 0 atom stereocenters. The molecular weight excluding hydrogens is 583 g/mol. The number of amides is 1. The molecule has 4 rings (SSSR count). The van der Waals surface area contributed by atoms with Gasteiger partial charge in [-0.05, 0) is 84.1 Å². The topological polar surface area (TPSA) is 167 Å². The first kappa shape index (κ1) is 23.3. The summed E-state index contributed by atoms with van der Waals surface area (Å²) in [5.41, 5.74) is 8.71. The SMILES string of the molecule is Nc1nonc1-n1nnc(C(=O)N/N=C\c2cc(Br)c(O)c(Br)c2)c1COc1ccc(F)cc1. The Bertz CT molecular complexity index is 1350. The Kier molecular flexibility index (Phi) is 6.83. The predicted molar refractivity (Wildman–Crippen MR) is 123 cm³/mol. The highest BCUT2D eigenvalue weighted by molar-refractivity contribution is 9.11. The molecule has 0 aliphatic carbocycles. The molecule has 0 bridgehead atoms. The number of phenols is 1. The molecule has 0 aliphatic rings. The van der Waals surface area contributed by atoms with Crippen LogP contribution in [0.2, 0.25) is 0 Å². The molecule has 0 unspecified atom stereocenters. The molecule has 2 aromatic heterocycles. The maximum atomic E-state index is 13.2. The van der Waals surface area contributed by atoms with Gasteiger partial charge in [-0.1, -0.05) is 5.21 Å². The summed E-state index contributed by atoms with van der Waals surface area (Å²) in [6, 6.07) is 8.52. The molecule has 0 saturated carbocycles. The zero-order chi connectivity index (χ0) is 24.2. The summed E-state index contributed by atoms with van der Waals surface area (Å²) < 4.78 is 25.4. The van der Waals surface area contributed by atoms with E-state index in [1.165, 1.54) is 30.5 Å². The van der Waals surface area contributed by atoms with Crippen LogP contribution >= 0.6 is 31.9 Å². The van der Waals surface area contributed by atoms with E-state index in [9.17, 15) is 14.3 Å². The Labute approximate surface area is 206 Å². The highest BCUT2D eigenvalue weighted by Crippen LogP contribution is 2.32. The van der Waals surface area contributed by atoms with E-state index in [0.29, 0.717) is 20.3 Å². The van der Waals surface area contributed by atoms with Gasteiger partial charge in [0.05, 0.1) is 15.2 Å². The maximum Gasteiger partial charge on any atom is 0.293 e. The molecule has 15 heteroatoms. The van der Waals surface area contributed by atoms with E-state index in [-0.39, 0.29) is 35.4 Å². The van der Waals surface area contributed by atoms with Gasteiger partial charge in [-0.25, -0.2) is 14.4 Å². The van der Waals surface area contributed by atoms with E-state index in [1.54, 1.807) is 12.1 Å². The van der Waals surface area contributed by atoms with Crippen molar-refractivity contribution in [2.45, 2.75) is 6.61 Å². The number of aromatic hydroxyl groups is 1. The van der Waals surface area contributed by atoms with Gasteiger partial charge in [0.25, 0.3) is 5.91 Å². The molecule has 4 N–H and O–H groups in total. The number of hydrogen-bond acceptors (Lipinski definition) is 10. The Morgan fingerprint density at radius 1 is 1.26 bits per heavy atom. The lowest BCUT2D eigenvalue weighted by Gasteiger charge is -2.08. The summed E-state index contributed by atoms with van der Waals surface area (Å²) >= 11 is 6.44. The molecule has 0 spiro atoms. The van der Waals surface area contributed by atoms with Gasteiger partial charge in [0.1, 0.15) is 29.6 Å². The fourth-order valence-corrected chi connectivity index (χ4v) is 3.90. The summed E-state index contributed by atoms with van der Waals surface area (Å²) in [7, 11) is 0. The van der Waals surface area contributed by atoms with Crippen LogP contribution in [-0.2, 0) is 6.61 Å². The van der Waals surface area contributed by atoms with Gasteiger partial charge in [-0.2, -0.15) is 9.78 Å². The summed E-state index contributed by atoms with van der Waals surface area (Å²) in [4.78, 5) is 12.8. The lowest BCUT2D eigenvalue weighted by atomic mass is 10.2. The van der Waals surface area contributed by atoms with Crippen molar-refractivity contribution in [1.82, 2.24) is 30.7 Å². The fourth-order valence-electron chi connectivity index (χ4n) is 2.68. The van der Waals surface area contributed by atoms with Crippen LogP contribution in [0.15, 0.2) is 55.1 Å². The minimum absolute atomic E-state index is 0.00607. The van der Waals surface area contributed by atoms with Crippen LogP contribution in [0.1, 0.15) is 21.7 Å². The zero-order valence-electron chi connectivity index (χ0n) is 16.8. The summed E-state index contributed by atoms with van der Waals surface area (Å²) in [5, 5.41) is 28.6. The average Bonchev–Trinajstić information content (AvgIpc) is 3.42. The standard InChI is InChI=1S/C19H13Br2FN8O4/c20-12-5-9(6-13(21)16(12)31)7-24-26-19(32)15-14(8-33-11-3-1-10(22)2-4-11)30(29-25-15)18-17(23)27-34-28-18/h1-7,31H,8H2,(H2,23,27)(H,26,32)/b24-7-. The first-order chi connectivity index (χ1) is 16.3. The van der Waals surface area contributed by atoms with Gasteiger partial charge in [0.2, 0.25) is 11.6 Å². The second-order valence-electron chi connectivity index (χ2n) is 6.54. The number of halogens is 3. The Morgan fingerprint density at radius 2 is 1.97 bits per heavy atom. The zero-order valence-corrected chi connectivity index (χ0v) is 20.0. The largest absolute Gasteiger partial charge is 0.506 e. The molecule has 0 saturated heterocycles. The summed E-state index contributed by atoms with van der Waals surface area (Å²) in [6.45, 7) is -0.199. The van der Waals surface area contributed by atoms with Crippen molar-refractivity contribution in [2.24, 2.45) is 5.10 Å². The molecule has 0 fully saturated rings. The number of hydrogen-bond donors (Lipinski definition) is 3. The first-order valence-corrected chi connectivity index (χ1v) is 10.8. The quantitative estimate of drug-likeness (QED) is 0.215. The van der Waals surface area contributed by atoms with Gasteiger partial charge in [0, 0.05) is 0 Å². The normalized spacial score (nSPS) is 11.1. The third-order valence-corrected chi connectivity index (χ3v) is 5.49. The molecule has 12 nitrogen and oxygen atoms in total. The molecule has 174 valence electrons. The number of nitrogen functional groups attached to an aromatic ring is 1. The fraction of sp³-hybridized carbons (Fsp3) is 0.0526. The van der Waals surface area contributed by atoms with Crippen LogP contribution in [0, 0.1) is 5.82 Å². The van der Waals surface area contributed by atoms with Gasteiger partial charge < -0.3 is 15.6 Å². The van der Waals surface area contributed by atoms with Crippen molar-refractivity contribution >= 4 is 49.8 Å². The number of nitrogens with two attached hydrogens (primary N) is 1. The second-order valence-corrected chi connectivity index (χ2v) is 8.25. The van der Waals surface area contributed by atoms with Gasteiger partial charge >= 0.3 is 0 Å². The van der Waals surface area contributed by atoms with Crippen molar-refractivity contribution < 1.29 is 23.7 Å². The number of anilines is 1. The van der Waals surface area contributed by atoms with Crippen molar-refractivity contribution in [3.63, 3.8) is 0 Å². The molecular formula is C19H13Br2FN8O4. The lowest BCUT2D eigenvalue weighted by molar-refractivity contribution is 0.0947. The number of rotatable bonds is 7. The minimum atomic E-state index is -0.702. The Hall–Kier alpha value is -3.85. The molecule has 2 heterocycles. The van der Waals surface area contributed by atoms with E-state index in [0.717, 1.165) is 4.68 Å². The first-order valence-electron chi connectivity index (χ1n) is 9.26. The van der Waals surface area contributed by atoms with E-state index in [2.05, 4.69) is 67.6 Å². The van der Waals surface area contributed by atoms with Crippen molar-refractivity contribution in [2.75, 3.05) is 5.73 Å². The lowest BCUT2D eigenvalue weighted by Crippen LogP contribution is -2.21. The maximum absolute atomic E-state index is 13.2. The van der Waals surface area contributed by atoms with Crippen LogP contribution in [0.4, 0.5) is 10.2 Å². The number of carbonyl (C=O) groups is 1. The third-order valence-electron chi connectivity index (χ3n) is 4.28. The Balaban J connectivity index is 1.57. The number of ether oxygens (including phenoxy) is 1. The molecule has 1 amide bonds. The molecule has 34 heavy (non-hydrogen) atoms. The van der Waals surface area contributed by atoms with E-state index >= 15 is 0 Å². The molecule has 2 aromatic carbocycles.